The van der Waals surface area contributed by atoms with Crippen molar-refractivity contribution in [2.75, 3.05) is 25.9 Å². The number of nitrogens with one attached hydrogen (secondary N) is 1. The summed E-state index contributed by atoms with van der Waals surface area (Å²) in [5, 5.41) is 2.38. The van der Waals surface area contributed by atoms with Crippen molar-refractivity contribution in [2.45, 2.75) is 62.9 Å². The van der Waals surface area contributed by atoms with Crippen molar-refractivity contribution >= 4 is 41.4 Å². The first-order valence-corrected chi connectivity index (χ1v) is 14.1. The number of thioether (sulfide) groups is 1. The smallest absolute Gasteiger partial charge is 0.249 e. The van der Waals surface area contributed by atoms with Crippen LogP contribution >= 0.6 is 11.8 Å². The van der Waals surface area contributed by atoms with Gasteiger partial charge in [0.15, 0.2) is 6.29 Å². The normalized spacial score (nSPS) is 19.0. The van der Waals surface area contributed by atoms with Crippen LogP contribution < -0.4 is 5.32 Å². The standard InChI is InChI=1S/C29H36N4O3S/c1-21(32(2)26-13-14-28(35)31-29(26)36)30-25-7-6-8-27(24(25)20-34)37-18-15-22-9-11-23(12-10-22)19-33-16-4-3-5-17-33/h6-12,20,26H,3-5,13-19H2,1-2H3,(H,31,35,36). The Balaban J connectivity index is 1.35. The third-order valence-corrected chi connectivity index (χ3v) is 8.23. The average molecular weight is 521 g/mol. The third-order valence-electron chi connectivity index (χ3n) is 7.16. The fraction of sp³-hybridized carbons (Fsp3) is 0.448. The second kappa shape index (κ2) is 13.0. The van der Waals surface area contributed by atoms with Gasteiger partial charge in [-0.3, -0.25) is 24.6 Å². The molecule has 0 spiro atoms. The molecule has 0 saturated carbocycles. The van der Waals surface area contributed by atoms with Crippen LogP contribution in [0.3, 0.4) is 0 Å². The second-order valence-electron chi connectivity index (χ2n) is 9.80. The van der Waals surface area contributed by atoms with Crippen molar-refractivity contribution in [3.63, 3.8) is 0 Å². The number of likely N-dealkylation sites (tertiary alicyclic amines) is 1. The Morgan fingerprint density at radius 2 is 1.84 bits per heavy atom. The van der Waals surface area contributed by atoms with E-state index in [0.717, 1.165) is 29.9 Å². The van der Waals surface area contributed by atoms with Crippen molar-refractivity contribution in [1.82, 2.24) is 15.1 Å². The van der Waals surface area contributed by atoms with Crippen LogP contribution in [0.25, 0.3) is 0 Å². The van der Waals surface area contributed by atoms with Gasteiger partial charge in [0.05, 0.1) is 11.3 Å². The molecule has 1 atom stereocenters. The molecule has 196 valence electrons. The van der Waals surface area contributed by atoms with E-state index in [1.165, 1.54) is 43.5 Å². The number of piperidine rings is 2. The van der Waals surface area contributed by atoms with Crippen LogP contribution in [0.5, 0.6) is 0 Å². The molecule has 2 amide bonds. The van der Waals surface area contributed by atoms with Crippen molar-refractivity contribution in [3.05, 3.63) is 59.2 Å². The van der Waals surface area contributed by atoms with E-state index in [1.807, 2.05) is 25.1 Å². The number of carbonyl (C=O) groups excluding carboxylic acids is 3. The Labute approximate surface area is 223 Å². The Morgan fingerprint density at radius 1 is 1.11 bits per heavy atom. The van der Waals surface area contributed by atoms with Crippen LogP contribution in [0, 0.1) is 0 Å². The number of rotatable bonds is 9. The molecule has 2 saturated heterocycles. The van der Waals surface area contributed by atoms with Crippen molar-refractivity contribution in [3.8, 4) is 0 Å². The van der Waals surface area contributed by atoms with Crippen molar-refractivity contribution < 1.29 is 14.4 Å². The molecule has 4 rings (SSSR count). The predicted molar refractivity (Wildman–Crippen MR) is 149 cm³/mol. The molecule has 2 aromatic rings. The number of hydrogen-bond donors (Lipinski definition) is 1. The van der Waals surface area contributed by atoms with E-state index < -0.39 is 6.04 Å². The molecule has 2 aliphatic heterocycles. The molecule has 8 heteroatoms. The number of aldehydes is 1. The van der Waals surface area contributed by atoms with Gasteiger partial charge in [-0.15, -0.1) is 11.8 Å². The molecule has 2 aromatic carbocycles. The van der Waals surface area contributed by atoms with Gasteiger partial charge in [0.1, 0.15) is 11.9 Å². The van der Waals surface area contributed by atoms with Gasteiger partial charge in [-0.2, -0.15) is 0 Å². The fourth-order valence-corrected chi connectivity index (χ4v) is 5.91. The van der Waals surface area contributed by atoms with Gasteiger partial charge in [0.25, 0.3) is 0 Å². The maximum atomic E-state index is 12.2. The van der Waals surface area contributed by atoms with Crippen LogP contribution in [-0.2, 0) is 22.6 Å². The van der Waals surface area contributed by atoms with E-state index in [-0.39, 0.29) is 11.8 Å². The summed E-state index contributed by atoms with van der Waals surface area (Å²) < 4.78 is 0. The SMILES string of the molecule is CC(=Nc1cccc(SCCc2ccc(CN3CCCCC3)cc2)c1C=O)N(C)C1CCC(=O)NC1=O. The summed E-state index contributed by atoms with van der Waals surface area (Å²) >= 11 is 1.65. The minimum Gasteiger partial charge on any atom is -0.351 e. The Kier molecular flexibility index (Phi) is 9.52. The van der Waals surface area contributed by atoms with E-state index in [2.05, 4.69) is 39.5 Å². The number of likely N-dealkylation sites (N-methyl/N-ethyl adjacent to an activating group) is 1. The fourth-order valence-electron chi connectivity index (χ4n) is 4.87. The maximum Gasteiger partial charge on any atom is 0.249 e. The minimum atomic E-state index is -0.454. The molecular formula is C29H36N4O3S. The summed E-state index contributed by atoms with van der Waals surface area (Å²) in [4.78, 5) is 45.6. The van der Waals surface area contributed by atoms with E-state index in [4.69, 9.17) is 0 Å². The van der Waals surface area contributed by atoms with E-state index >= 15 is 0 Å². The van der Waals surface area contributed by atoms with E-state index in [9.17, 15) is 14.4 Å². The van der Waals surface area contributed by atoms with E-state index in [0.29, 0.717) is 29.9 Å². The lowest BCUT2D eigenvalue weighted by Crippen LogP contribution is -2.52. The quantitative estimate of drug-likeness (QED) is 0.171. The molecule has 1 N–H and O–H groups in total. The lowest BCUT2D eigenvalue weighted by Gasteiger charge is -2.31. The lowest BCUT2D eigenvalue weighted by molar-refractivity contribution is -0.136. The summed E-state index contributed by atoms with van der Waals surface area (Å²) in [6.45, 7) is 5.25. The third kappa shape index (κ3) is 7.29. The number of imide groups is 1. The number of carbonyl (C=O) groups is 3. The number of amides is 2. The lowest BCUT2D eigenvalue weighted by atomic mass is 10.0. The topological polar surface area (TPSA) is 82.1 Å². The monoisotopic (exact) mass is 520 g/mol. The zero-order valence-electron chi connectivity index (χ0n) is 21.7. The molecule has 37 heavy (non-hydrogen) atoms. The Morgan fingerprint density at radius 3 is 2.54 bits per heavy atom. The Hall–Kier alpha value is -2.97. The average Bonchev–Trinajstić information content (AvgIpc) is 2.90. The molecule has 0 radical (unpaired) electrons. The van der Waals surface area contributed by atoms with Gasteiger partial charge in [-0.05, 0) is 69.0 Å². The van der Waals surface area contributed by atoms with Gasteiger partial charge in [0, 0.05) is 30.7 Å². The first-order valence-electron chi connectivity index (χ1n) is 13.1. The molecular weight excluding hydrogens is 484 g/mol. The maximum absolute atomic E-state index is 12.2. The molecule has 0 aromatic heterocycles. The van der Waals surface area contributed by atoms with Crippen LogP contribution in [0.15, 0.2) is 52.4 Å². The number of hydrogen-bond acceptors (Lipinski definition) is 6. The molecule has 2 aliphatic rings. The van der Waals surface area contributed by atoms with Gasteiger partial charge < -0.3 is 4.90 Å². The Bertz CT molecular complexity index is 1140. The highest BCUT2D eigenvalue weighted by Crippen LogP contribution is 2.30. The van der Waals surface area contributed by atoms with E-state index in [1.54, 1.807) is 23.7 Å². The zero-order chi connectivity index (χ0) is 26.2. The molecule has 0 aliphatic carbocycles. The highest BCUT2D eigenvalue weighted by molar-refractivity contribution is 7.99. The minimum absolute atomic E-state index is 0.245. The number of aryl methyl sites for hydroxylation is 1. The zero-order valence-corrected chi connectivity index (χ0v) is 22.6. The first-order chi connectivity index (χ1) is 17.9. The van der Waals surface area contributed by atoms with Crippen LogP contribution in [0.1, 0.15) is 60.5 Å². The molecule has 0 bridgehead atoms. The van der Waals surface area contributed by atoms with Gasteiger partial charge in [0.2, 0.25) is 11.8 Å². The van der Waals surface area contributed by atoms with Gasteiger partial charge in [-0.1, -0.05) is 36.8 Å². The van der Waals surface area contributed by atoms with Crippen molar-refractivity contribution in [1.29, 1.82) is 0 Å². The number of nitrogens with zero attached hydrogens (tertiary/aromatic N) is 3. The summed E-state index contributed by atoms with van der Waals surface area (Å²) in [6.07, 6.45) is 6.49. The van der Waals surface area contributed by atoms with Crippen LogP contribution in [0.2, 0.25) is 0 Å². The highest BCUT2D eigenvalue weighted by atomic mass is 32.2. The summed E-state index contributed by atoms with van der Waals surface area (Å²) in [5.41, 5.74) is 3.79. The second-order valence-corrected chi connectivity index (χ2v) is 10.9. The summed E-state index contributed by atoms with van der Waals surface area (Å²) in [7, 11) is 1.79. The van der Waals surface area contributed by atoms with Crippen molar-refractivity contribution in [2.24, 2.45) is 4.99 Å². The predicted octanol–water partition coefficient (Wildman–Crippen LogP) is 4.61. The van der Waals surface area contributed by atoms with Crippen LogP contribution in [0.4, 0.5) is 5.69 Å². The molecule has 1 unspecified atom stereocenters. The molecule has 7 nitrogen and oxygen atoms in total. The first kappa shape index (κ1) is 27.1. The largest absolute Gasteiger partial charge is 0.351 e. The summed E-state index contributed by atoms with van der Waals surface area (Å²) in [6, 6.07) is 14.1. The number of amidine groups is 1. The number of aliphatic imine (C=N–C) groups is 1. The molecule has 2 fully saturated rings. The highest BCUT2D eigenvalue weighted by Gasteiger charge is 2.30. The summed E-state index contributed by atoms with van der Waals surface area (Å²) in [5.74, 6) is 0.914. The van der Waals surface area contributed by atoms with Gasteiger partial charge >= 0.3 is 0 Å². The van der Waals surface area contributed by atoms with Crippen LogP contribution in [-0.4, -0.2) is 65.7 Å². The van der Waals surface area contributed by atoms with Gasteiger partial charge in [-0.25, -0.2) is 4.99 Å². The molecule has 2 heterocycles. The number of benzene rings is 2.